The molecule has 0 amide bonds. The van der Waals surface area contributed by atoms with Gasteiger partial charge in [-0.2, -0.15) is 0 Å². The molecule has 2 saturated heterocycles. The molecule has 0 bridgehead atoms. The van der Waals surface area contributed by atoms with Gasteiger partial charge in [-0.3, -0.25) is 9.80 Å². The molecule has 0 saturated carbocycles. The molecule has 5 nitrogen and oxygen atoms in total. The maximum atomic E-state index is 5.46. The van der Waals surface area contributed by atoms with Crippen molar-refractivity contribution < 1.29 is 4.74 Å². The van der Waals surface area contributed by atoms with E-state index in [4.69, 9.17) is 4.74 Å². The SMILES string of the molecule is Cn1ccnc1CCN1CCCCC1CN1CCOCC1. The first-order chi connectivity index (χ1) is 10.3. The molecule has 0 N–H and O–H groups in total. The lowest BCUT2D eigenvalue weighted by molar-refractivity contribution is 0.0168. The minimum Gasteiger partial charge on any atom is -0.379 e. The summed E-state index contributed by atoms with van der Waals surface area (Å²) in [5, 5.41) is 0. The molecule has 2 aliphatic heterocycles. The van der Waals surface area contributed by atoms with Gasteiger partial charge in [-0.1, -0.05) is 6.42 Å². The number of aromatic nitrogens is 2. The molecule has 1 atom stereocenters. The fourth-order valence-electron chi connectivity index (χ4n) is 3.52. The molecular formula is C16H28N4O. The van der Waals surface area contributed by atoms with Crippen LogP contribution < -0.4 is 0 Å². The largest absolute Gasteiger partial charge is 0.379 e. The maximum absolute atomic E-state index is 5.46. The third-order valence-corrected chi connectivity index (χ3v) is 4.87. The van der Waals surface area contributed by atoms with Gasteiger partial charge in [0.2, 0.25) is 0 Å². The molecule has 0 spiro atoms. The van der Waals surface area contributed by atoms with E-state index < -0.39 is 0 Å². The fourth-order valence-corrected chi connectivity index (χ4v) is 3.52. The standard InChI is InChI=1S/C16H28N4O/c1-18-9-6-17-16(18)5-8-20-7-3-2-4-15(20)14-19-10-12-21-13-11-19/h6,9,15H,2-5,7-8,10-14H2,1H3. The Balaban J connectivity index is 1.52. The quantitative estimate of drug-likeness (QED) is 0.815. The molecule has 0 aliphatic carbocycles. The summed E-state index contributed by atoms with van der Waals surface area (Å²) in [5.41, 5.74) is 0. The van der Waals surface area contributed by atoms with Crippen molar-refractivity contribution in [3.05, 3.63) is 18.2 Å². The van der Waals surface area contributed by atoms with Crippen LogP contribution in [0.1, 0.15) is 25.1 Å². The summed E-state index contributed by atoms with van der Waals surface area (Å²) in [7, 11) is 2.09. The summed E-state index contributed by atoms with van der Waals surface area (Å²) in [6, 6.07) is 0.720. The number of likely N-dealkylation sites (tertiary alicyclic amines) is 1. The Kier molecular flexibility index (Phi) is 5.27. The number of piperidine rings is 1. The number of nitrogens with zero attached hydrogens (tertiary/aromatic N) is 4. The van der Waals surface area contributed by atoms with E-state index in [1.165, 1.54) is 38.2 Å². The third-order valence-electron chi connectivity index (χ3n) is 4.87. The summed E-state index contributed by atoms with van der Waals surface area (Å²) in [5.74, 6) is 1.20. The monoisotopic (exact) mass is 292 g/mol. The van der Waals surface area contributed by atoms with Crippen LogP contribution in [0.4, 0.5) is 0 Å². The zero-order valence-corrected chi connectivity index (χ0v) is 13.2. The Hall–Kier alpha value is -0.910. The van der Waals surface area contributed by atoms with Crippen molar-refractivity contribution in [3.8, 4) is 0 Å². The topological polar surface area (TPSA) is 33.5 Å². The molecule has 3 rings (SSSR count). The first-order valence-electron chi connectivity index (χ1n) is 8.33. The van der Waals surface area contributed by atoms with E-state index >= 15 is 0 Å². The minimum atomic E-state index is 0.720. The third kappa shape index (κ3) is 4.05. The van der Waals surface area contributed by atoms with Gasteiger partial charge in [0.25, 0.3) is 0 Å². The van der Waals surface area contributed by atoms with E-state index in [0.29, 0.717) is 0 Å². The van der Waals surface area contributed by atoms with Crippen molar-refractivity contribution in [2.75, 3.05) is 45.9 Å². The minimum absolute atomic E-state index is 0.720. The van der Waals surface area contributed by atoms with Gasteiger partial charge in [0.05, 0.1) is 13.2 Å². The van der Waals surface area contributed by atoms with Crippen LogP contribution in [0.5, 0.6) is 0 Å². The summed E-state index contributed by atoms with van der Waals surface area (Å²) in [6.45, 7) is 7.61. The predicted octanol–water partition coefficient (Wildman–Crippen LogP) is 1.15. The lowest BCUT2D eigenvalue weighted by atomic mass is 10.0. The van der Waals surface area contributed by atoms with Gasteiger partial charge in [0.1, 0.15) is 5.82 Å². The molecule has 118 valence electrons. The fraction of sp³-hybridized carbons (Fsp3) is 0.812. The summed E-state index contributed by atoms with van der Waals surface area (Å²) >= 11 is 0. The molecule has 1 unspecified atom stereocenters. The zero-order valence-electron chi connectivity index (χ0n) is 13.2. The molecule has 1 aromatic rings. The molecule has 2 aliphatic rings. The van der Waals surface area contributed by atoms with Crippen LogP contribution in [-0.2, 0) is 18.2 Å². The van der Waals surface area contributed by atoms with Crippen molar-refractivity contribution in [2.24, 2.45) is 7.05 Å². The van der Waals surface area contributed by atoms with E-state index in [2.05, 4.69) is 26.4 Å². The van der Waals surface area contributed by atoms with E-state index in [-0.39, 0.29) is 0 Å². The van der Waals surface area contributed by atoms with Crippen molar-refractivity contribution in [3.63, 3.8) is 0 Å². The highest BCUT2D eigenvalue weighted by molar-refractivity contribution is 4.93. The lowest BCUT2D eigenvalue weighted by Crippen LogP contribution is -2.49. The Morgan fingerprint density at radius 3 is 2.86 bits per heavy atom. The van der Waals surface area contributed by atoms with Crippen LogP contribution in [-0.4, -0.2) is 71.3 Å². The molecule has 0 aromatic carbocycles. The van der Waals surface area contributed by atoms with Crippen LogP contribution in [0.3, 0.4) is 0 Å². The van der Waals surface area contributed by atoms with E-state index in [1.54, 1.807) is 0 Å². The highest BCUT2D eigenvalue weighted by atomic mass is 16.5. The van der Waals surface area contributed by atoms with E-state index in [9.17, 15) is 0 Å². The van der Waals surface area contributed by atoms with Crippen molar-refractivity contribution >= 4 is 0 Å². The van der Waals surface area contributed by atoms with Gasteiger partial charge in [-0.15, -0.1) is 0 Å². The van der Waals surface area contributed by atoms with Gasteiger partial charge in [0, 0.05) is 58.1 Å². The van der Waals surface area contributed by atoms with E-state index in [0.717, 1.165) is 45.3 Å². The molecule has 3 heterocycles. The summed E-state index contributed by atoms with van der Waals surface area (Å²) < 4.78 is 7.60. The number of imidazole rings is 1. The molecule has 2 fully saturated rings. The number of hydrogen-bond donors (Lipinski definition) is 0. The second-order valence-electron chi connectivity index (χ2n) is 6.30. The van der Waals surface area contributed by atoms with Crippen LogP contribution in [0, 0.1) is 0 Å². The summed E-state index contributed by atoms with van der Waals surface area (Å²) in [4.78, 5) is 9.72. The highest BCUT2D eigenvalue weighted by Gasteiger charge is 2.25. The van der Waals surface area contributed by atoms with Crippen molar-refractivity contribution in [1.82, 2.24) is 19.4 Å². The Morgan fingerprint density at radius 1 is 1.24 bits per heavy atom. The van der Waals surface area contributed by atoms with Crippen LogP contribution in [0.25, 0.3) is 0 Å². The second kappa shape index (κ2) is 7.38. The predicted molar refractivity (Wildman–Crippen MR) is 83.4 cm³/mol. The smallest absolute Gasteiger partial charge is 0.109 e. The van der Waals surface area contributed by atoms with Crippen molar-refractivity contribution in [1.29, 1.82) is 0 Å². The van der Waals surface area contributed by atoms with Gasteiger partial charge < -0.3 is 9.30 Å². The Labute approximate surface area is 127 Å². The van der Waals surface area contributed by atoms with Gasteiger partial charge in [-0.25, -0.2) is 4.98 Å². The van der Waals surface area contributed by atoms with Gasteiger partial charge in [0.15, 0.2) is 0 Å². The number of hydrogen-bond acceptors (Lipinski definition) is 4. The molecule has 5 heteroatoms. The highest BCUT2D eigenvalue weighted by Crippen LogP contribution is 2.19. The molecule has 21 heavy (non-hydrogen) atoms. The lowest BCUT2D eigenvalue weighted by Gasteiger charge is -2.39. The van der Waals surface area contributed by atoms with E-state index in [1.807, 2.05) is 12.4 Å². The Bertz CT molecular complexity index is 428. The first-order valence-corrected chi connectivity index (χ1v) is 8.33. The van der Waals surface area contributed by atoms with Crippen LogP contribution in [0.2, 0.25) is 0 Å². The number of ether oxygens (including phenoxy) is 1. The number of rotatable bonds is 5. The maximum Gasteiger partial charge on any atom is 0.109 e. The van der Waals surface area contributed by atoms with Gasteiger partial charge >= 0.3 is 0 Å². The molecule has 1 aromatic heterocycles. The zero-order chi connectivity index (χ0) is 14.5. The Morgan fingerprint density at radius 2 is 2.10 bits per heavy atom. The van der Waals surface area contributed by atoms with Gasteiger partial charge in [-0.05, 0) is 19.4 Å². The first kappa shape index (κ1) is 15.0. The average molecular weight is 292 g/mol. The normalized spacial score (nSPS) is 25.3. The second-order valence-corrected chi connectivity index (χ2v) is 6.30. The van der Waals surface area contributed by atoms with Crippen LogP contribution >= 0.6 is 0 Å². The molecular weight excluding hydrogens is 264 g/mol. The molecule has 0 radical (unpaired) electrons. The average Bonchev–Trinajstić information content (AvgIpc) is 2.93. The van der Waals surface area contributed by atoms with Crippen molar-refractivity contribution in [2.45, 2.75) is 31.7 Å². The number of morpholine rings is 1. The summed E-state index contributed by atoms with van der Waals surface area (Å²) in [6.07, 6.45) is 9.07. The number of aryl methyl sites for hydroxylation is 1. The van der Waals surface area contributed by atoms with Crippen LogP contribution in [0.15, 0.2) is 12.4 Å².